The molecule has 0 atom stereocenters. The highest BCUT2D eigenvalue weighted by molar-refractivity contribution is 7.90. The first-order valence-corrected chi connectivity index (χ1v) is 17.9. The van der Waals surface area contributed by atoms with Gasteiger partial charge in [-0.25, -0.2) is 27.3 Å². The number of carbonyl (C=O) groups is 2. The first-order valence-electron chi connectivity index (χ1n) is 16.4. The van der Waals surface area contributed by atoms with E-state index < -0.39 is 10.0 Å². The Morgan fingerprint density at radius 1 is 0.918 bits per heavy atom. The van der Waals surface area contributed by atoms with E-state index >= 15 is 0 Å². The van der Waals surface area contributed by atoms with Crippen molar-refractivity contribution in [1.82, 2.24) is 28.7 Å². The van der Waals surface area contributed by atoms with Gasteiger partial charge in [-0.3, -0.25) is 9.59 Å². The molecule has 252 valence electrons. The summed E-state index contributed by atoms with van der Waals surface area (Å²) in [5, 5.41) is 0.681. The van der Waals surface area contributed by atoms with Gasteiger partial charge in [0.1, 0.15) is 6.33 Å². The summed E-state index contributed by atoms with van der Waals surface area (Å²) in [5.41, 5.74) is 4.57. The average Bonchev–Trinajstić information content (AvgIpc) is 3.54. The van der Waals surface area contributed by atoms with Crippen LogP contribution in [0, 0.1) is 5.92 Å². The number of ketones is 1. The molecule has 6 rings (SSSR count). The molecular weight excluding hydrogens is 637 g/mol. The third-order valence-corrected chi connectivity index (χ3v) is 10.5. The van der Waals surface area contributed by atoms with Crippen molar-refractivity contribution in [1.29, 1.82) is 0 Å². The fourth-order valence-corrected chi connectivity index (χ4v) is 7.50. The van der Waals surface area contributed by atoms with Crippen molar-refractivity contribution < 1.29 is 18.0 Å². The van der Waals surface area contributed by atoms with Crippen LogP contribution in [0.1, 0.15) is 36.1 Å². The molecule has 1 fully saturated rings. The fraction of sp³-hybridized carbons (Fsp3) is 0.289. The smallest absolute Gasteiger partial charge is 0.269 e. The van der Waals surface area contributed by atoms with Crippen molar-refractivity contribution in [3.63, 3.8) is 0 Å². The zero-order chi connectivity index (χ0) is 34.4. The maximum absolute atomic E-state index is 13.2. The van der Waals surface area contributed by atoms with Gasteiger partial charge in [0.2, 0.25) is 5.91 Å². The van der Waals surface area contributed by atoms with Gasteiger partial charge in [-0.15, -0.1) is 0 Å². The number of aromatic nitrogens is 4. The van der Waals surface area contributed by atoms with E-state index in [9.17, 15) is 18.0 Å². The molecule has 0 N–H and O–H groups in total. The van der Waals surface area contributed by atoms with Gasteiger partial charge in [0.15, 0.2) is 11.4 Å². The number of rotatable bonds is 12. The Morgan fingerprint density at radius 2 is 1.69 bits per heavy atom. The monoisotopic (exact) mass is 676 g/mol. The highest BCUT2D eigenvalue weighted by Gasteiger charge is 2.24. The number of hydrogen-bond acceptors (Lipinski definition) is 8. The van der Waals surface area contributed by atoms with Gasteiger partial charge in [0.05, 0.1) is 17.0 Å². The molecule has 1 aliphatic rings. The Morgan fingerprint density at radius 3 is 2.47 bits per heavy atom. The second-order valence-electron chi connectivity index (χ2n) is 12.8. The molecule has 1 aliphatic heterocycles. The molecule has 49 heavy (non-hydrogen) atoms. The van der Waals surface area contributed by atoms with Crippen molar-refractivity contribution in [2.24, 2.45) is 5.92 Å². The lowest BCUT2D eigenvalue weighted by atomic mass is 9.91. The van der Waals surface area contributed by atoms with E-state index in [1.54, 1.807) is 48.7 Å². The maximum atomic E-state index is 13.2. The number of allylic oxidation sites excluding steroid dienone is 1. The van der Waals surface area contributed by atoms with Gasteiger partial charge in [0.25, 0.3) is 10.0 Å². The van der Waals surface area contributed by atoms with E-state index in [4.69, 9.17) is 0 Å². The Hall–Kier alpha value is -5.00. The van der Waals surface area contributed by atoms with Gasteiger partial charge < -0.3 is 9.80 Å². The molecule has 0 aliphatic carbocycles. The van der Waals surface area contributed by atoms with Crippen LogP contribution >= 0.6 is 0 Å². The number of hydrogen-bond donors (Lipinski definition) is 0. The molecule has 3 aromatic heterocycles. The minimum atomic E-state index is -3.78. The quantitative estimate of drug-likeness (QED) is 0.166. The van der Waals surface area contributed by atoms with Gasteiger partial charge in [0, 0.05) is 61.5 Å². The molecule has 4 heterocycles. The van der Waals surface area contributed by atoms with Crippen LogP contribution in [0.25, 0.3) is 22.3 Å². The minimum absolute atomic E-state index is 0.102. The molecule has 1 saturated heterocycles. The van der Waals surface area contributed by atoms with Gasteiger partial charge in [-0.05, 0) is 80.4 Å². The van der Waals surface area contributed by atoms with E-state index in [1.165, 1.54) is 16.5 Å². The van der Waals surface area contributed by atoms with E-state index in [0.29, 0.717) is 55.0 Å². The van der Waals surface area contributed by atoms with E-state index in [0.717, 1.165) is 41.8 Å². The minimum Gasteiger partial charge on any atom is -0.342 e. The second kappa shape index (κ2) is 15.0. The molecule has 0 spiro atoms. The third kappa shape index (κ3) is 8.36. The lowest BCUT2D eigenvalue weighted by Crippen LogP contribution is -2.39. The molecule has 5 aromatic rings. The van der Waals surface area contributed by atoms with E-state index in [2.05, 4.69) is 21.0 Å². The summed E-state index contributed by atoms with van der Waals surface area (Å²) in [6, 6.07) is 21.8. The van der Waals surface area contributed by atoms with E-state index in [1.807, 2.05) is 60.3 Å². The van der Waals surface area contributed by atoms with Crippen LogP contribution in [-0.2, 0) is 32.5 Å². The molecule has 0 saturated carbocycles. The number of piperidine rings is 1. The molecule has 0 unspecified atom stereocenters. The van der Waals surface area contributed by atoms with Crippen LogP contribution in [-0.4, -0.2) is 82.6 Å². The number of likely N-dealkylation sites (N-methyl/N-ethyl adjacent to an activating group) is 1. The zero-order valence-electron chi connectivity index (χ0n) is 27.8. The Balaban J connectivity index is 1.07. The zero-order valence-corrected chi connectivity index (χ0v) is 28.6. The molecular formula is C38H40N6O4S. The first-order chi connectivity index (χ1) is 23.7. The van der Waals surface area contributed by atoms with Gasteiger partial charge in [-0.1, -0.05) is 48.5 Å². The number of benzene rings is 2. The largest absolute Gasteiger partial charge is 0.342 e. The van der Waals surface area contributed by atoms with Crippen LogP contribution in [0.2, 0.25) is 0 Å². The van der Waals surface area contributed by atoms with Crippen molar-refractivity contribution in [3.8, 4) is 11.3 Å². The Bertz CT molecular complexity index is 2080. The van der Waals surface area contributed by atoms with Gasteiger partial charge in [-0.2, -0.15) is 0 Å². The average molecular weight is 677 g/mol. The summed E-state index contributed by atoms with van der Waals surface area (Å²) in [4.78, 5) is 43.1. The first kappa shape index (κ1) is 33.9. The second-order valence-corrected chi connectivity index (χ2v) is 14.6. The predicted molar refractivity (Wildman–Crippen MR) is 189 cm³/mol. The number of likely N-dealkylation sites (tertiary alicyclic amines) is 1. The number of amides is 1. The summed E-state index contributed by atoms with van der Waals surface area (Å²) in [5.74, 6) is 0.574. The number of fused-ring (bicyclic) bond motifs is 1. The van der Waals surface area contributed by atoms with Crippen LogP contribution in [0.15, 0.2) is 109 Å². The molecule has 0 bridgehead atoms. The number of nitrogens with zero attached hydrogens (tertiary/aromatic N) is 6. The standard InChI is InChI=1S/C38H40N6O4S/c1-42(2)16-7-10-34(45)22-28-13-17-43(18-14-28)37(46)23-30-9-6-8-29(20-30)21-33-25-36(41-27-40-33)32-24-31-15-19-44(38(31)39-26-32)49(47,48)35-11-4-3-5-12-35/h3-12,15,19-20,24-28H,13-14,16-18,21-23H2,1-2H3/b10-7+. The molecule has 0 radical (unpaired) electrons. The Kier molecular flexibility index (Phi) is 10.4. The molecule has 11 heteroatoms. The summed E-state index contributed by atoms with van der Waals surface area (Å²) in [6.45, 7) is 2.10. The van der Waals surface area contributed by atoms with Gasteiger partial charge >= 0.3 is 0 Å². The van der Waals surface area contributed by atoms with E-state index in [-0.39, 0.29) is 16.6 Å². The molecule has 10 nitrogen and oxygen atoms in total. The number of pyridine rings is 1. The van der Waals surface area contributed by atoms with Crippen molar-refractivity contribution in [2.75, 3.05) is 33.7 Å². The predicted octanol–water partition coefficient (Wildman–Crippen LogP) is 5.18. The van der Waals surface area contributed by atoms with Crippen LogP contribution in [0.3, 0.4) is 0 Å². The van der Waals surface area contributed by atoms with Crippen molar-refractivity contribution >= 4 is 32.7 Å². The summed E-state index contributed by atoms with van der Waals surface area (Å²) < 4.78 is 27.6. The highest BCUT2D eigenvalue weighted by atomic mass is 32.2. The SMILES string of the molecule is CN(C)C/C=C/C(=O)CC1CCN(C(=O)Cc2cccc(Cc3cc(-c4cnc5c(ccn5S(=O)(=O)c5ccccc5)c4)ncn3)c2)CC1. The van der Waals surface area contributed by atoms with Crippen LogP contribution < -0.4 is 0 Å². The van der Waals surface area contributed by atoms with Crippen LogP contribution in [0.5, 0.6) is 0 Å². The highest BCUT2D eigenvalue weighted by Crippen LogP contribution is 2.26. The summed E-state index contributed by atoms with van der Waals surface area (Å²) >= 11 is 0. The lowest BCUT2D eigenvalue weighted by Gasteiger charge is -2.31. The van der Waals surface area contributed by atoms with Crippen LogP contribution in [0.4, 0.5) is 0 Å². The number of carbonyl (C=O) groups excluding carboxylic acids is 2. The van der Waals surface area contributed by atoms with Crippen molar-refractivity contribution in [3.05, 3.63) is 120 Å². The lowest BCUT2D eigenvalue weighted by molar-refractivity contribution is -0.131. The molecule has 2 aromatic carbocycles. The molecule has 1 amide bonds. The normalized spacial score (nSPS) is 14.2. The Labute approximate surface area is 287 Å². The fourth-order valence-electron chi connectivity index (χ4n) is 6.17. The van der Waals surface area contributed by atoms with Crippen molar-refractivity contribution in [2.45, 2.75) is 37.0 Å². The third-order valence-electron chi connectivity index (χ3n) is 8.78. The summed E-state index contributed by atoms with van der Waals surface area (Å²) in [7, 11) is 0.163. The topological polar surface area (TPSA) is 118 Å². The maximum Gasteiger partial charge on any atom is 0.269 e. The summed E-state index contributed by atoms with van der Waals surface area (Å²) in [6.07, 6.45) is 11.4.